The van der Waals surface area contributed by atoms with E-state index in [1.54, 1.807) is 0 Å². The van der Waals surface area contributed by atoms with Crippen molar-refractivity contribution >= 4 is 21.9 Å². The summed E-state index contributed by atoms with van der Waals surface area (Å²) in [5.74, 6) is -0.491. The molecule has 0 aromatic carbocycles. The molecule has 0 bridgehead atoms. The van der Waals surface area contributed by atoms with Crippen LogP contribution < -0.4 is 5.73 Å². The van der Waals surface area contributed by atoms with Gasteiger partial charge in [-0.25, -0.2) is 4.79 Å². The molecule has 0 saturated heterocycles. The van der Waals surface area contributed by atoms with Crippen LogP contribution in [0.15, 0.2) is 11.8 Å². The summed E-state index contributed by atoms with van der Waals surface area (Å²) in [5, 5.41) is 0.563. The molecule has 0 amide bonds. The number of allylic oxidation sites excluding steroid dienone is 1. The smallest absolute Gasteiger partial charge is 0.353 e. The van der Waals surface area contributed by atoms with Gasteiger partial charge in [-0.2, -0.15) is 0 Å². The Bertz CT molecular complexity index is 133. The van der Waals surface area contributed by atoms with Gasteiger partial charge in [-0.05, 0) is 6.08 Å². The van der Waals surface area contributed by atoms with Gasteiger partial charge in [-0.15, -0.1) is 0 Å². The van der Waals surface area contributed by atoms with Crippen LogP contribution in [0.5, 0.6) is 0 Å². The van der Waals surface area contributed by atoms with Crippen molar-refractivity contribution in [1.29, 1.82) is 0 Å². The van der Waals surface area contributed by atoms with Gasteiger partial charge in [0, 0.05) is 5.33 Å². The molecule has 0 aromatic rings. The molecule has 52 valence electrons. The molecule has 0 aliphatic carbocycles. The Hall–Kier alpha value is -0.510. The van der Waals surface area contributed by atoms with Crippen molar-refractivity contribution in [2.45, 2.75) is 0 Å². The largest absolute Gasteiger partial charge is 0.464 e. The zero-order valence-corrected chi connectivity index (χ0v) is 6.64. The lowest BCUT2D eigenvalue weighted by molar-refractivity contribution is -0.136. The van der Waals surface area contributed by atoms with Crippen LogP contribution in [-0.4, -0.2) is 18.4 Å². The molecule has 9 heavy (non-hydrogen) atoms. The van der Waals surface area contributed by atoms with Gasteiger partial charge >= 0.3 is 5.97 Å². The molecular formula is C5H8BrNO2. The van der Waals surface area contributed by atoms with Crippen LogP contribution >= 0.6 is 15.9 Å². The van der Waals surface area contributed by atoms with Gasteiger partial charge in [-0.3, -0.25) is 0 Å². The Morgan fingerprint density at radius 3 is 2.78 bits per heavy atom. The normalized spacial score (nSPS) is 11.1. The number of carbonyl (C=O) groups is 1. The van der Waals surface area contributed by atoms with Gasteiger partial charge in [0.25, 0.3) is 0 Å². The lowest BCUT2D eigenvalue weighted by Gasteiger charge is -1.95. The third kappa shape index (κ3) is 3.13. The highest BCUT2D eigenvalue weighted by Crippen LogP contribution is 1.89. The maximum Gasteiger partial charge on any atom is 0.353 e. The maximum absolute atomic E-state index is 10.5. The van der Waals surface area contributed by atoms with E-state index in [1.807, 2.05) is 0 Å². The van der Waals surface area contributed by atoms with E-state index in [1.165, 1.54) is 13.2 Å². The number of rotatable bonds is 2. The number of esters is 1. The van der Waals surface area contributed by atoms with Crippen LogP contribution in [0.2, 0.25) is 0 Å². The molecule has 3 nitrogen and oxygen atoms in total. The summed E-state index contributed by atoms with van der Waals surface area (Å²) < 4.78 is 4.31. The number of ether oxygens (including phenoxy) is 1. The van der Waals surface area contributed by atoms with Crippen molar-refractivity contribution < 1.29 is 9.53 Å². The Kier molecular flexibility index (Phi) is 4.13. The minimum absolute atomic E-state index is 0.134. The summed E-state index contributed by atoms with van der Waals surface area (Å²) in [4.78, 5) is 10.5. The molecule has 0 radical (unpaired) electrons. The summed E-state index contributed by atoms with van der Waals surface area (Å²) >= 11 is 3.08. The summed E-state index contributed by atoms with van der Waals surface area (Å²) in [6, 6.07) is 0. The topological polar surface area (TPSA) is 52.3 Å². The minimum atomic E-state index is -0.491. The Labute approximate surface area is 62.0 Å². The molecule has 0 aliphatic rings. The van der Waals surface area contributed by atoms with Crippen LogP contribution in [0, 0.1) is 0 Å². The fourth-order valence-electron chi connectivity index (χ4n) is 0.284. The minimum Gasteiger partial charge on any atom is -0.464 e. The number of alkyl halides is 1. The molecular weight excluding hydrogens is 186 g/mol. The van der Waals surface area contributed by atoms with E-state index in [0.29, 0.717) is 5.33 Å². The van der Waals surface area contributed by atoms with Crippen LogP contribution in [0.1, 0.15) is 0 Å². The van der Waals surface area contributed by atoms with E-state index in [-0.39, 0.29) is 5.70 Å². The van der Waals surface area contributed by atoms with Crippen LogP contribution in [0.25, 0.3) is 0 Å². The average molecular weight is 194 g/mol. The van der Waals surface area contributed by atoms with Crippen molar-refractivity contribution in [2.75, 3.05) is 12.4 Å². The van der Waals surface area contributed by atoms with Crippen LogP contribution in [0.4, 0.5) is 0 Å². The number of nitrogens with two attached hydrogens (primary N) is 1. The van der Waals surface area contributed by atoms with Crippen LogP contribution in [-0.2, 0) is 9.53 Å². The van der Waals surface area contributed by atoms with Crippen molar-refractivity contribution in [3.63, 3.8) is 0 Å². The van der Waals surface area contributed by atoms with E-state index in [2.05, 4.69) is 20.7 Å². The molecule has 0 atom stereocenters. The molecule has 0 rings (SSSR count). The van der Waals surface area contributed by atoms with Crippen molar-refractivity contribution in [3.8, 4) is 0 Å². The second-order valence-electron chi connectivity index (χ2n) is 1.31. The number of hydrogen-bond donors (Lipinski definition) is 1. The molecule has 0 saturated carbocycles. The molecule has 2 N–H and O–H groups in total. The summed E-state index contributed by atoms with van der Waals surface area (Å²) in [7, 11) is 1.29. The van der Waals surface area contributed by atoms with Crippen LogP contribution in [0.3, 0.4) is 0 Å². The molecule has 0 heterocycles. The summed E-state index contributed by atoms with van der Waals surface area (Å²) in [6.45, 7) is 0. The second-order valence-corrected chi connectivity index (χ2v) is 1.95. The van der Waals surface area contributed by atoms with Gasteiger partial charge in [-0.1, -0.05) is 15.9 Å². The number of hydrogen-bond acceptors (Lipinski definition) is 3. The fourth-order valence-corrected chi connectivity index (χ4v) is 0.633. The molecule has 0 fully saturated rings. The van der Waals surface area contributed by atoms with E-state index < -0.39 is 5.97 Å². The van der Waals surface area contributed by atoms with E-state index in [0.717, 1.165) is 0 Å². The quantitative estimate of drug-likeness (QED) is 0.393. The highest BCUT2D eigenvalue weighted by molar-refractivity contribution is 9.09. The monoisotopic (exact) mass is 193 g/mol. The molecule has 0 aromatic heterocycles. The first kappa shape index (κ1) is 8.49. The Morgan fingerprint density at radius 1 is 1.89 bits per heavy atom. The predicted molar refractivity (Wildman–Crippen MR) is 38.1 cm³/mol. The van der Waals surface area contributed by atoms with E-state index in [9.17, 15) is 4.79 Å². The van der Waals surface area contributed by atoms with E-state index in [4.69, 9.17) is 5.73 Å². The first-order valence-corrected chi connectivity index (χ1v) is 3.44. The van der Waals surface area contributed by atoms with Gasteiger partial charge in [0.05, 0.1) is 7.11 Å². The second kappa shape index (κ2) is 4.38. The summed E-state index contributed by atoms with van der Waals surface area (Å²) in [5.41, 5.74) is 5.33. The van der Waals surface area contributed by atoms with Gasteiger partial charge in [0.2, 0.25) is 0 Å². The Balaban J connectivity index is 3.86. The third-order valence-electron chi connectivity index (χ3n) is 0.718. The first-order chi connectivity index (χ1) is 4.22. The number of carbonyl (C=O) groups excluding carboxylic acids is 1. The van der Waals surface area contributed by atoms with Crippen molar-refractivity contribution in [1.82, 2.24) is 0 Å². The number of halogens is 1. The lowest BCUT2D eigenvalue weighted by Crippen LogP contribution is -2.12. The molecule has 4 heteroatoms. The number of methoxy groups -OCH3 is 1. The summed E-state index contributed by atoms with van der Waals surface area (Å²) in [6.07, 6.45) is 1.53. The average Bonchev–Trinajstić information content (AvgIpc) is 1.87. The zero-order chi connectivity index (χ0) is 7.28. The van der Waals surface area contributed by atoms with E-state index >= 15 is 0 Å². The van der Waals surface area contributed by atoms with Gasteiger partial charge in [0.15, 0.2) is 0 Å². The van der Waals surface area contributed by atoms with Gasteiger partial charge in [0.1, 0.15) is 5.70 Å². The van der Waals surface area contributed by atoms with Crippen molar-refractivity contribution in [3.05, 3.63) is 11.8 Å². The predicted octanol–water partition coefficient (Wildman–Crippen LogP) is 0.397. The SMILES string of the molecule is COC(=O)/C(N)=C/CBr. The molecule has 0 unspecified atom stereocenters. The highest BCUT2D eigenvalue weighted by Gasteiger charge is 2.00. The van der Waals surface area contributed by atoms with Crippen molar-refractivity contribution in [2.24, 2.45) is 5.73 Å². The third-order valence-corrected chi connectivity index (χ3v) is 1.04. The fraction of sp³-hybridized carbons (Fsp3) is 0.400. The maximum atomic E-state index is 10.5. The Morgan fingerprint density at radius 2 is 2.44 bits per heavy atom. The standard InChI is InChI=1S/C5H8BrNO2/c1-9-5(8)4(7)2-3-6/h2H,3,7H2,1H3/b4-2-. The zero-order valence-electron chi connectivity index (χ0n) is 5.06. The molecule has 0 spiro atoms. The highest BCUT2D eigenvalue weighted by atomic mass is 79.9. The molecule has 0 aliphatic heterocycles. The van der Waals surface area contributed by atoms with Gasteiger partial charge < -0.3 is 10.5 Å². The first-order valence-electron chi connectivity index (χ1n) is 2.32. The lowest BCUT2D eigenvalue weighted by atomic mass is 10.4.